The van der Waals surface area contributed by atoms with E-state index < -0.39 is 0 Å². The molecule has 0 bridgehead atoms. The van der Waals surface area contributed by atoms with Gasteiger partial charge in [0, 0.05) is 10.2 Å². The third-order valence-electron chi connectivity index (χ3n) is 4.96. The summed E-state index contributed by atoms with van der Waals surface area (Å²) in [6.45, 7) is 0. The number of nitrogens with zero attached hydrogens (tertiary/aromatic N) is 4. The van der Waals surface area contributed by atoms with Gasteiger partial charge < -0.3 is 0 Å². The van der Waals surface area contributed by atoms with Gasteiger partial charge in [-0.3, -0.25) is 20.2 Å². The maximum atomic E-state index is 12.4. The summed E-state index contributed by atoms with van der Waals surface area (Å²) in [5, 5.41) is 25.1. The van der Waals surface area contributed by atoms with Crippen LogP contribution in [0.5, 0.6) is 0 Å². The van der Waals surface area contributed by atoms with Crippen LogP contribution in [0.3, 0.4) is 0 Å². The first kappa shape index (κ1) is 25.8. The number of carbonyl (C=O) groups is 2. The van der Waals surface area contributed by atoms with Gasteiger partial charge in [0.05, 0.1) is 11.3 Å². The highest BCUT2D eigenvalue weighted by molar-refractivity contribution is 9.10. The number of halogens is 1. The van der Waals surface area contributed by atoms with Gasteiger partial charge in [0.25, 0.3) is 5.91 Å². The van der Waals surface area contributed by atoms with E-state index in [2.05, 4.69) is 77.3 Å². The maximum absolute atomic E-state index is 12.4. The zero-order chi connectivity index (χ0) is 25.6. The lowest BCUT2D eigenvalue weighted by molar-refractivity contribution is -0.113. The van der Waals surface area contributed by atoms with E-state index in [1.807, 2.05) is 18.2 Å². The summed E-state index contributed by atoms with van der Waals surface area (Å²) < 4.78 is 2.04. The number of anilines is 2. The molecule has 0 aliphatic carbocycles. The van der Waals surface area contributed by atoms with E-state index in [-0.39, 0.29) is 17.6 Å². The monoisotopic (exact) mass is 628 g/mol. The van der Waals surface area contributed by atoms with Gasteiger partial charge >= 0.3 is 0 Å². The van der Waals surface area contributed by atoms with E-state index in [0.29, 0.717) is 24.6 Å². The molecule has 5 rings (SSSR count). The predicted molar refractivity (Wildman–Crippen MR) is 155 cm³/mol. The van der Waals surface area contributed by atoms with Crippen LogP contribution in [0, 0.1) is 0 Å². The van der Waals surface area contributed by atoms with Crippen molar-refractivity contribution >= 4 is 95.0 Å². The summed E-state index contributed by atoms with van der Waals surface area (Å²) in [5.41, 5.74) is 1.72. The van der Waals surface area contributed by atoms with Crippen LogP contribution in [0.2, 0.25) is 0 Å². The number of rotatable bonds is 9. The fourth-order valence-corrected chi connectivity index (χ4v) is 7.07. The van der Waals surface area contributed by atoms with Crippen LogP contribution in [0.4, 0.5) is 10.3 Å². The van der Waals surface area contributed by atoms with Crippen molar-refractivity contribution < 1.29 is 9.59 Å². The molecular formula is C24H17BrN6O2S4. The number of fused-ring (bicyclic) bond motifs is 1. The molecule has 0 aliphatic rings. The largest absolute Gasteiger partial charge is 0.300 e. The van der Waals surface area contributed by atoms with Gasteiger partial charge in [0.1, 0.15) is 0 Å². The lowest BCUT2D eigenvalue weighted by atomic mass is 10.1. The Labute approximate surface area is 236 Å². The number of nitrogens with one attached hydrogen (secondary N) is 2. The topological polar surface area (TPSA) is 110 Å². The Morgan fingerprint density at radius 2 is 1.46 bits per heavy atom. The summed E-state index contributed by atoms with van der Waals surface area (Å²) in [4.78, 5) is 24.8. The summed E-state index contributed by atoms with van der Waals surface area (Å²) in [5.74, 6) is 0.381. The molecule has 5 aromatic rings. The van der Waals surface area contributed by atoms with Gasteiger partial charge in [-0.25, -0.2) is 0 Å². The Bertz CT molecular complexity index is 1570. The molecule has 37 heavy (non-hydrogen) atoms. The highest BCUT2D eigenvalue weighted by Crippen LogP contribution is 2.31. The van der Waals surface area contributed by atoms with Crippen molar-refractivity contribution in [3.63, 3.8) is 0 Å². The first-order valence-corrected chi connectivity index (χ1v) is 15.2. The summed E-state index contributed by atoms with van der Waals surface area (Å²) in [6.07, 6.45) is 0. The summed E-state index contributed by atoms with van der Waals surface area (Å²) in [7, 11) is 0. The number of hydrogen-bond acceptors (Lipinski definition) is 10. The lowest BCUT2D eigenvalue weighted by Gasteiger charge is -2.04. The molecule has 13 heteroatoms. The molecule has 0 radical (unpaired) electrons. The Balaban J connectivity index is 1.10. The lowest BCUT2D eigenvalue weighted by Crippen LogP contribution is -2.13. The van der Waals surface area contributed by atoms with Crippen LogP contribution in [0.25, 0.3) is 10.8 Å². The fraction of sp³-hybridized carbons (Fsp3) is 0.0833. The highest BCUT2D eigenvalue weighted by Gasteiger charge is 2.15. The average Bonchev–Trinajstić information content (AvgIpc) is 3.55. The molecule has 0 saturated heterocycles. The number of thioether (sulfide) groups is 2. The highest BCUT2D eigenvalue weighted by atomic mass is 79.9. The third kappa shape index (κ3) is 6.73. The molecule has 0 unspecified atom stereocenters. The van der Waals surface area contributed by atoms with E-state index in [1.165, 1.54) is 50.8 Å². The second-order valence-corrected chi connectivity index (χ2v) is 12.7. The van der Waals surface area contributed by atoms with Gasteiger partial charge in [-0.2, -0.15) is 0 Å². The number of amides is 2. The van der Waals surface area contributed by atoms with Gasteiger partial charge in [-0.15, -0.1) is 20.4 Å². The van der Waals surface area contributed by atoms with Crippen molar-refractivity contribution in [3.8, 4) is 0 Å². The van der Waals surface area contributed by atoms with E-state index in [1.54, 1.807) is 30.0 Å². The van der Waals surface area contributed by atoms with Crippen LogP contribution in [-0.2, 0) is 10.5 Å². The van der Waals surface area contributed by atoms with Crippen LogP contribution >= 0.6 is 62.1 Å². The number of benzene rings is 3. The van der Waals surface area contributed by atoms with E-state index >= 15 is 0 Å². The fourth-order valence-electron chi connectivity index (χ4n) is 3.29. The van der Waals surface area contributed by atoms with Gasteiger partial charge in [-0.05, 0) is 44.4 Å². The molecule has 0 spiro atoms. The van der Waals surface area contributed by atoms with Crippen molar-refractivity contribution in [3.05, 3.63) is 82.3 Å². The summed E-state index contributed by atoms with van der Waals surface area (Å²) >= 11 is 8.73. The molecule has 0 fully saturated rings. The first-order chi connectivity index (χ1) is 18.0. The Kier molecular flexibility index (Phi) is 8.46. The smallest absolute Gasteiger partial charge is 0.258 e. The zero-order valence-corrected chi connectivity index (χ0v) is 23.7. The minimum absolute atomic E-state index is 0.130. The molecule has 8 nitrogen and oxygen atoms in total. The SMILES string of the molecule is O=C(CSc1nnc(NC(=O)c2ccccc2Br)s1)Nc1nnc(SCc2cccc3ccccc23)s1. The molecule has 3 aromatic carbocycles. The van der Waals surface area contributed by atoms with E-state index in [9.17, 15) is 9.59 Å². The Hall–Kier alpha value is -2.84. The minimum Gasteiger partial charge on any atom is -0.300 e. The van der Waals surface area contributed by atoms with Crippen molar-refractivity contribution in [2.75, 3.05) is 16.4 Å². The zero-order valence-electron chi connectivity index (χ0n) is 18.9. The predicted octanol–water partition coefficient (Wildman–Crippen LogP) is 6.58. The molecular weight excluding hydrogens is 612 g/mol. The Morgan fingerprint density at radius 3 is 2.27 bits per heavy atom. The van der Waals surface area contributed by atoms with Crippen molar-refractivity contribution in [1.82, 2.24) is 20.4 Å². The third-order valence-corrected chi connectivity index (χ3v) is 9.64. The maximum Gasteiger partial charge on any atom is 0.258 e. The number of aromatic nitrogens is 4. The first-order valence-electron chi connectivity index (χ1n) is 10.8. The van der Waals surface area contributed by atoms with Crippen LogP contribution < -0.4 is 10.6 Å². The number of hydrogen-bond donors (Lipinski definition) is 2. The normalized spacial score (nSPS) is 10.9. The van der Waals surface area contributed by atoms with Crippen molar-refractivity contribution in [1.29, 1.82) is 0 Å². The number of carbonyl (C=O) groups excluding carboxylic acids is 2. The standard InChI is InChI=1S/C24H17BrN6O2S4/c25-18-11-4-3-10-17(18)20(33)27-22-29-31-24(37-22)35-13-19(32)26-21-28-30-23(36-21)34-12-15-8-5-7-14-6-1-2-9-16(14)15/h1-11H,12-13H2,(H,26,28,32)(H,27,29,33). The second kappa shape index (κ2) is 12.1. The van der Waals surface area contributed by atoms with E-state index in [0.717, 1.165) is 10.1 Å². The Morgan fingerprint density at radius 1 is 0.784 bits per heavy atom. The molecule has 0 atom stereocenters. The molecule has 2 aromatic heterocycles. The van der Waals surface area contributed by atoms with Gasteiger partial charge in [0.2, 0.25) is 16.2 Å². The quantitative estimate of drug-likeness (QED) is 0.139. The molecule has 2 amide bonds. The molecule has 2 heterocycles. The van der Waals surface area contributed by atoms with Crippen molar-refractivity contribution in [2.24, 2.45) is 0 Å². The van der Waals surface area contributed by atoms with Crippen LogP contribution in [0.1, 0.15) is 15.9 Å². The molecule has 2 N–H and O–H groups in total. The van der Waals surface area contributed by atoms with Crippen LogP contribution in [-0.4, -0.2) is 38.0 Å². The molecule has 0 aliphatic heterocycles. The second-order valence-electron chi connectivity index (χ2n) is 7.44. The average molecular weight is 630 g/mol. The minimum atomic E-state index is -0.289. The van der Waals surface area contributed by atoms with Crippen LogP contribution in [0.15, 0.2) is 79.9 Å². The van der Waals surface area contributed by atoms with Gasteiger partial charge in [-0.1, -0.05) is 101 Å². The molecule has 186 valence electrons. The summed E-state index contributed by atoms with van der Waals surface area (Å²) in [6, 6.07) is 21.7. The van der Waals surface area contributed by atoms with Gasteiger partial charge in [0.15, 0.2) is 8.68 Å². The van der Waals surface area contributed by atoms with Crippen molar-refractivity contribution in [2.45, 2.75) is 14.4 Å². The van der Waals surface area contributed by atoms with E-state index in [4.69, 9.17) is 0 Å². The molecule has 0 saturated carbocycles.